The Hall–Kier alpha value is -1.13. The molecule has 4 atom stereocenters. The Morgan fingerprint density at radius 2 is 2.00 bits per heavy atom. The van der Waals surface area contributed by atoms with E-state index in [0.29, 0.717) is 5.92 Å². The third kappa shape index (κ3) is 6.88. The molecule has 0 aromatic carbocycles. The van der Waals surface area contributed by atoms with E-state index in [-0.39, 0.29) is 12.3 Å². The van der Waals surface area contributed by atoms with Gasteiger partial charge in [0.05, 0.1) is 0 Å². The number of hydrogen-bond acceptors (Lipinski definition) is 4. The first-order valence-electron chi connectivity index (χ1n) is 10.3. The zero-order chi connectivity index (χ0) is 19.6. The van der Waals surface area contributed by atoms with Gasteiger partial charge in [-0.3, -0.25) is 0 Å². The van der Waals surface area contributed by atoms with Crippen LogP contribution in [0.5, 0.6) is 0 Å². The van der Waals surface area contributed by atoms with Crippen LogP contribution in [0, 0.1) is 11.8 Å². The maximum absolute atomic E-state index is 11.0. The first-order valence-corrected chi connectivity index (χ1v) is 10.3. The predicted molar refractivity (Wildman–Crippen MR) is 103 cm³/mol. The predicted octanol–water partition coefficient (Wildman–Crippen LogP) is 4.74. The molecule has 0 aliphatic carbocycles. The molecule has 150 valence electrons. The van der Waals surface area contributed by atoms with E-state index in [1.54, 1.807) is 0 Å². The molecular weight excluding hydrogens is 328 g/mol. The molecule has 4 heteroatoms. The summed E-state index contributed by atoms with van der Waals surface area (Å²) in [5.74, 6) is -0.371. The number of rotatable bonds is 11. The number of hydrogen-bond donors (Lipinski definition) is 0. The lowest BCUT2D eigenvalue weighted by Crippen LogP contribution is -2.46. The molecule has 1 heterocycles. The molecular formula is C22H37O4-. The first-order chi connectivity index (χ1) is 12.4. The van der Waals surface area contributed by atoms with E-state index in [1.165, 1.54) is 5.57 Å². The summed E-state index contributed by atoms with van der Waals surface area (Å²) >= 11 is 0. The first kappa shape index (κ1) is 22.9. The third-order valence-electron chi connectivity index (χ3n) is 5.58. The molecule has 4 nitrogen and oxygen atoms in total. The van der Waals surface area contributed by atoms with E-state index in [2.05, 4.69) is 52.8 Å². The minimum Gasteiger partial charge on any atom is -0.550 e. The van der Waals surface area contributed by atoms with Gasteiger partial charge < -0.3 is 9.90 Å². The SMILES string of the molecule is CC/C=C/[C@H](CC)C/C(=C/[C@@]1(CC)C[C@H](CC)[C@H](CC(=O)[O-])OO1)CC. The van der Waals surface area contributed by atoms with Crippen molar-refractivity contribution in [3.8, 4) is 0 Å². The van der Waals surface area contributed by atoms with Crippen molar-refractivity contribution in [2.75, 3.05) is 0 Å². The number of carboxylic acid groups (broad SMARTS) is 1. The summed E-state index contributed by atoms with van der Waals surface area (Å²) in [6.45, 7) is 10.8. The molecule has 26 heavy (non-hydrogen) atoms. The molecule has 0 N–H and O–H groups in total. The van der Waals surface area contributed by atoms with Gasteiger partial charge in [0.2, 0.25) is 0 Å². The summed E-state index contributed by atoms with van der Waals surface area (Å²) in [7, 11) is 0. The highest BCUT2D eigenvalue weighted by Gasteiger charge is 2.40. The molecule has 0 spiro atoms. The van der Waals surface area contributed by atoms with Gasteiger partial charge in [0.25, 0.3) is 0 Å². The van der Waals surface area contributed by atoms with E-state index in [9.17, 15) is 9.90 Å². The van der Waals surface area contributed by atoms with Crippen LogP contribution in [0.4, 0.5) is 0 Å². The van der Waals surface area contributed by atoms with Crippen molar-refractivity contribution in [2.45, 2.75) is 97.7 Å². The molecule has 0 bridgehead atoms. The van der Waals surface area contributed by atoms with Crippen LogP contribution in [0.1, 0.15) is 86.0 Å². The normalized spacial score (nSPS) is 28.4. The molecule has 1 aliphatic rings. The molecule has 0 unspecified atom stereocenters. The highest BCUT2D eigenvalue weighted by atomic mass is 17.2. The van der Waals surface area contributed by atoms with Crippen LogP contribution in [0.15, 0.2) is 23.8 Å². The van der Waals surface area contributed by atoms with E-state index in [0.717, 1.165) is 44.9 Å². The van der Waals surface area contributed by atoms with Gasteiger partial charge in [-0.15, -0.1) is 0 Å². The molecule has 0 amide bonds. The Kier molecular flexibility index (Phi) is 10.2. The Morgan fingerprint density at radius 1 is 1.27 bits per heavy atom. The summed E-state index contributed by atoms with van der Waals surface area (Å²) < 4.78 is 0. The van der Waals surface area contributed by atoms with Gasteiger partial charge in [-0.2, -0.15) is 0 Å². The van der Waals surface area contributed by atoms with Gasteiger partial charge >= 0.3 is 0 Å². The molecule has 1 fully saturated rings. The van der Waals surface area contributed by atoms with E-state index < -0.39 is 17.7 Å². The summed E-state index contributed by atoms with van der Waals surface area (Å²) in [6.07, 6.45) is 13.0. The van der Waals surface area contributed by atoms with Gasteiger partial charge in [-0.05, 0) is 50.4 Å². The van der Waals surface area contributed by atoms with Crippen molar-refractivity contribution >= 4 is 5.97 Å². The minimum absolute atomic E-state index is 0.109. The molecule has 1 saturated heterocycles. The lowest BCUT2D eigenvalue weighted by atomic mass is 9.80. The molecule has 1 rings (SSSR count). The van der Waals surface area contributed by atoms with Gasteiger partial charge in [-0.1, -0.05) is 64.8 Å². The van der Waals surface area contributed by atoms with Crippen molar-refractivity contribution in [1.82, 2.24) is 0 Å². The van der Waals surface area contributed by atoms with Crippen LogP contribution in [-0.4, -0.2) is 17.7 Å². The lowest BCUT2D eigenvalue weighted by Gasteiger charge is -2.42. The van der Waals surface area contributed by atoms with Crippen LogP contribution in [0.3, 0.4) is 0 Å². The highest BCUT2D eigenvalue weighted by molar-refractivity contribution is 5.64. The van der Waals surface area contributed by atoms with Crippen LogP contribution in [0.2, 0.25) is 0 Å². The van der Waals surface area contributed by atoms with Crippen molar-refractivity contribution < 1.29 is 19.7 Å². The highest BCUT2D eigenvalue weighted by Crippen LogP contribution is 2.39. The van der Waals surface area contributed by atoms with E-state index >= 15 is 0 Å². The Labute approximate surface area is 159 Å². The van der Waals surface area contributed by atoms with Crippen molar-refractivity contribution in [2.24, 2.45) is 11.8 Å². The number of aliphatic carboxylic acids is 1. The fourth-order valence-corrected chi connectivity index (χ4v) is 3.70. The topological polar surface area (TPSA) is 58.6 Å². The van der Waals surface area contributed by atoms with E-state index in [1.807, 2.05) is 0 Å². The third-order valence-corrected chi connectivity index (χ3v) is 5.58. The second-order valence-corrected chi connectivity index (χ2v) is 7.45. The summed E-state index contributed by atoms with van der Waals surface area (Å²) in [6, 6.07) is 0. The monoisotopic (exact) mass is 365 g/mol. The standard InChI is InChI=1S/C22H38O4/c1-6-11-12-17(7-2)13-18(8-3)15-22(10-5)16-19(9-4)20(25-26-22)14-21(23)24/h11-12,15,17,19-20H,6-10,13-14,16H2,1-5H3,(H,23,24)/p-1/b12-11+,18-15+/t17-,19-,20-,22-/m0/s1. The van der Waals surface area contributed by atoms with Crippen LogP contribution < -0.4 is 5.11 Å². The van der Waals surface area contributed by atoms with Gasteiger partial charge in [0.1, 0.15) is 11.7 Å². The Bertz CT molecular complexity index is 483. The second-order valence-electron chi connectivity index (χ2n) is 7.45. The number of carbonyl (C=O) groups excluding carboxylic acids is 1. The molecule has 0 saturated carbocycles. The van der Waals surface area contributed by atoms with Gasteiger partial charge in [0.15, 0.2) is 0 Å². The van der Waals surface area contributed by atoms with E-state index in [4.69, 9.17) is 9.78 Å². The summed E-state index contributed by atoms with van der Waals surface area (Å²) in [5, 5.41) is 11.0. The maximum atomic E-state index is 11.0. The smallest absolute Gasteiger partial charge is 0.122 e. The molecule has 1 aliphatic heterocycles. The van der Waals surface area contributed by atoms with Gasteiger partial charge in [-0.25, -0.2) is 9.78 Å². The Balaban J connectivity index is 2.94. The maximum Gasteiger partial charge on any atom is 0.122 e. The number of carbonyl (C=O) groups is 1. The average Bonchev–Trinajstić information content (AvgIpc) is 2.65. The summed E-state index contributed by atoms with van der Waals surface area (Å²) in [5.41, 5.74) is 0.928. The Morgan fingerprint density at radius 3 is 2.50 bits per heavy atom. The van der Waals surface area contributed by atoms with Crippen molar-refractivity contribution in [1.29, 1.82) is 0 Å². The number of carboxylic acids is 1. The molecule has 0 radical (unpaired) electrons. The average molecular weight is 366 g/mol. The molecule has 0 aromatic heterocycles. The fourth-order valence-electron chi connectivity index (χ4n) is 3.70. The lowest BCUT2D eigenvalue weighted by molar-refractivity contribution is -0.413. The molecule has 0 aromatic rings. The van der Waals surface area contributed by atoms with Gasteiger partial charge in [0, 0.05) is 12.4 Å². The quantitative estimate of drug-likeness (QED) is 0.392. The van der Waals surface area contributed by atoms with Crippen LogP contribution in [-0.2, 0) is 14.6 Å². The zero-order valence-corrected chi connectivity index (χ0v) is 17.3. The van der Waals surface area contributed by atoms with Crippen molar-refractivity contribution in [3.05, 3.63) is 23.8 Å². The van der Waals surface area contributed by atoms with Crippen LogP contribution in [0.25, 0.3) is 0 Å². The summed E-state index contributed by atoms with van der Waals surface area (Å²) in [4.78, 5) is 22.3. The zero-order valence-electron chi connectivity index (χ0n) is 17.3. The minimum atomic E-state index is -1.08. The number of allylic oxidation sites excluding steroid dienone is 3. The van der Waals surface area contributed by atoms with Crippen LogP contribution >= 0.6 is 0 Å². The largest absolute Gasteiger partial charge is 0.550 e. The van der Waals surface area contributed by atoms with Crippen molar-refractivity contribution in [3.63, 3.8) is 0 Å². The fraction of sp³-hybridized carbons (Fsp3) is 0.773. The second kappa shape index (κ2) is 11.6.